The Kier molecular flexibility index (Phi) is 3.58. The smallest absolute Gasteiger partial charge is 0.251 e. The van der Waals surface area contributed by atoms with E-state index in [0.29, 0.717) is 13.0 Å². The van der Waals surface area contributed by atoms with Gasteiger partial charge in [-0.15, -0.1) is 0 Å². The summed E-state index contributed by atoms with van der Waals surface area (Å²) in [5, 5.41) is 6.61. The molecule has 1 aromatic rings. The number of allylic oxidation sites excluding steroid dienone is 1. The number of β-lactam (4-membered cyclic amide) rings is 1. The third kappa shape index (κ3) is 2.74. The van der Waals surface area contributed by atoms with Gasteiger partial charge in [-0.2, -0.15) is 11.3 Å². The molecule has 1 aliphatic heterocycles. The fourth-order valence-electron chi connectivity index (χ4n) is 1.70. The SMILES string of the molecule is CC=CN1CC(NC(=O)Cc2ccsc2)C1=O. The fourth-order valence-corrected chi connectivity index (χ4v) is 2.37. The van der Waals surface area contributed by atoms with Gasteiger partial charge in [0.15, 0.2) is 0 Å². The van der Waals surface area contributed by atoms with E-state index in [1.807, 2.05) is 23.8 Å². The molecule has 17 heavy (non-hydrogen) atoms. The molecule has 5 heteroatoms. The van der Waals surface area contributed by atoms with Gasteiger partial charge in [-0.25, -0.2) is 0 Å². The van der Waals surface area contributed by atoms with Crippen LogP contribution in [0.2, 0.25) is 0 Å². The summed E-state index contributed by atoms with van der Waals surface area (Å²) in [6, 6.07) is 1.57. The van der Waals surface area contributed by atoms with Gasteiger partial charge in [0.2, 0.25) is 5.91 Å². The summed E-state index contributed by atoms with van der Waals surface area (Å²) in [6.45, 7) is 2.42. The molecule has 1 N–H and O–H groups in total. The van der Waals surface area contributed by atoms with Crippen LogP contribution in [0.5, 0.6) is 0 Å². The summed E-state index contributed by atoms with van der Waals surface area (Å²) in [5.74, 6) is -0.136. The highest BCUT2D eigenvalue weighted by atomic mass is 32.1. The molecule has 1 aromatic heterocycles. The molecule has 1 atom stereocenters. The highest BCUT2D eigenvalue weighted by Crippen LogP contribution is 2.11. The van der Waals surface area contributed by atoms with Crippen molar-refractivity contribution in [1.29, 1.82) is 0 Å². The van der Waals surface area contributed by atoms with E-state index in [9.17, 15) is 9.59 Å². The molecule has 0 aromatic carbocycles. The van der Waals surface area contributed by atoms with E-state index < -0.39 is 0 Å². The molecule has 2 heterocycles. The van der Waals surface area contributed by atoms with Gasteiger partial charge >= 0.3 is 0 Å². The molecule has 4 nitrogen and oxygen atoms in total. The van der Waals surface area contributed by atoms with Crippen LogP contribution in [0.25, 0.3) is 0 Å². The molecule has 0 bridgehead atoms. The molecule has 1 unspecified atom stereocenters. The Bertz CT molecular complexity index is 439. The summed E-state index contributed by atoms with van der Waals surface area (Å²) < 4.78 is 0. The predicted molar refractivity (Wildman–Crippen MR) is 66.5 cm³/mol. The van der Waals surface area contributed by atoms with Gasteiger partial charge in [0.05, 0.1) is 13.0 Å². The molecule has 2 rings (SSSR count). The monoisotopic (exact) mass is 250 g/mol. The van der Waals surface area contributed by atoms with Crippen LogP contribution in [0, 0.1) is 0 Å². The van der Waals surface area contributed by atoms with Crippen molar-refractivity contribution in [2.24, 2.45) is 0 Å². The predicted octanol–water partition coefficient (Wildman–Crippen LogP) is 1.15. The van der Waals surface area contributed by atoms with Crippen LogP contribution in [0.15, 0.2) is 29.1 Å². The molecule has 90 valence electrons. The Labute approximate surface area is 104 Å². The van der Waals surface area contributed by atoms with Crippen LogP contribution in [0.4, 0.5) is 0 Å². The maximum absolute atomic E-state index is 11.6. The Morgan fingerprint density at radius 1 is 1.71 bits per heavy atom. The van der Waals surface area contributed by atoms with Crippen LogP contribution >= 0.6 is 11.3 Å². The van der Waals surface area contributed by atoms with E-state index in [2.05, 4.69) is 5.32 Å². The van der Waals surface area contributed by atoms with Crippen molar-refractivity contribution in [1.82, 2.24) is 10.2 Å². The standard InChI is InChI=1S/C12H14N2O2S/c1-2-4-14-7-10(12(14)16)13-11(15)6-9-3-5-17-8-9/h2-5,8,10H,6-7H2,1H3,(H,13,15). The number of carbonyl (C=O) groups is 2. The molecule has 1 saturated heterocycles. The molecule has 2 amide bonds. The quantitative estimate of drug-likeness (QED) is 0.815. The second kappa shape index (κ2) is 5.14. The van der Waals surface area contributed by atoms with Crippen LogP contribution in [-0.4, -0.2) is 29.3 Å². The van der Waals surface area contributed by atoms with Gasteiger partial charge in [-0.1, -0.05) is 6.08 Å². The van der Waals surface area contributed by atoms with E-state index in [-0.39, 0.29) is 17.9 Å². The van der Waals surface area contributed by atoms with E-state index >= 15 is 0 Å². The first-order chi connectivity index (χ1) is 8.20. The van der Waals surface area contributed by atoms with E-state index in [1.54, 1.807) is 28.5 Å². The van der Waals surface area contributed by atoms with E-state index in [1.165, 1.54) is 0 Å². The summed E-state index contributed by atoms with van der Waals surface area (Å²) >= 11 is 1.56. The number of hydrogen-bond donors (Lipinski definition) is 1. The number of carbonyl (C=O) groups excluding carboxylic acids is 2. The minimum absolute atomic E-state index is 0.0400. The van der Waals surface area contributed by atoms with Crippen LogP contribution < -0.4 is 5.32 Å². The number of thiophene rings is 1. The van der Waals surface area contributed by atoms with Gasteiger partial charge < -0.3 is 10.2 Å². The maximum Gasteiger partial charge on any atom is 0.251 e. The molecular weight excluding hydrogens is 236 g/mol. The minimum atomic E-state index is -0.350. The third-order valence-electron chi connectivity index (χ3n) is 2.57. The number of likely N-dealkylation sites (tertiary alicyclic amines) is 1. The Morgan fingerprint density at radius 3 is 3.12 bits per heavy atom. The Morgan fingerprint density at radius 2 is 2.53 bits per heavy atom. The molecule has 0 radical (unpaired) electrons. The molecule has 0 aliphatic carbocycles. The largest absolute Gasteiger partial charge is 0.342 e. The summed E-state index contributed by atoms with van der Waals surface area (Å²) in [6.07, 6.45) is 3.88. The number of amides is 2. The lowest BCUT2D eigenvalue weighted by molar-refractivity contribution is -0.142. The molecule has 1 fully saturated rings. The normalized spacial score (nSPS) is 19.5. The molecule has 0 spiro atoms. The molecule has 1 aliphatic rings. The maximum atomic E-state index is 11.6. The zero-order valence-electron chi connectivity index (χ0n) is 9.55. The topological polar surface area (TPSA) is 49.4 Å². The average molecular weight is 250 g/mol. The number of nitrogens with zero attached hydrogens (tertiary/aromatic N) is 1. The molecule has 0 saturated carbocycles. The lowest BCUT2D eigenvalue weighted by atomic mass is 10.1. The second-order valence-corrected chi connectivity index (χ2v) is 4.68. The van der Waals surface area contributed by atoms with Crippen molar-refractivity contribution in [3.05, 3.63) is 34.7 Å². The second-order valence-electron chi connectivity index (χ2n) is 3.90. The number of rotatable bonds is 4. The van der Waals surface area contributed by atoms with Crippen molar-refractivity contribution in [3.8, 4) is 0 Å². The highest BCUT2D eigenvalue weighted by Gasteiger charge is 2.36. The Balaban J connectivity index is 1.79. The van der Waals surface area contributed by atoms with Crippen LogP contribution in [-0.2, 0) is 16.0 Å². The summed E-state index contributed by atoms with van der Waals surface area (Å²) in [5.41, 5.74) is 0.990. The first-order valence-corrected chi connectivity index (χ1v) is 6.38. The number of hydrogen-bond acceptors (Lipinski definition) is 3. The lowest BCUT2D eigenvalue weighted by Gasteiger charge is -2.36. The zero-order chi connectivity index (χ0) is 12.3. The summed E-state index contributed by atoms with van der Waals surface area (Å²) in [7, 11) is 0. The minimum Gasteiger partial charge on any atom is -0.342 e. The lowest BCUT2D eigenvalue weighted by Crippen LogP contribution is -2.61. The van der Waals surface area contributed by atoms with Gasteiger partial charge in [0.1, 0.15) is 6.04 Å². The van der Waals surface area contributed by atoms with Crippen LogP contribution in [0.3, 0.4) is 0 Å². The van der Waals surface area contributed by atoms with Gasteiger partial charge in [0, 0.05) is 6.20 Å². The zero-order valence-corrected chi connectivity index (χ0v) is 10.4. The van der Waals surface area contributed by atoms with Crippen molar-refractivity contribution < 1.29 is 9.59 Å². The summed E-state index contributed by atoms with van der Waals surface area (Å²) in [4.78, 5) is 24.8. The first-order valence-electron chi connectivity index (χ1n) is 5.44. The molecular formula is C12H14N2O2S. The van der Waals surface area contributed by atoms with Crippen molar-refractivity contribution in [2.45, 2.75) is 19.4 Å². The first kappa shape index (κ1) is 11.9. The van der Waals surface area contributed by atoms with Gasteiger partial charge in [-0.3, -0.25) is 9.59 Å². The van der Waals surface area contributed by atoms with Crippen LogP contribution in [0.1, 0.15) is 12.5 Å². The third-order valence-corrected chi connectivity index (χ3v) is 3.30. The highest BCUT2D eigenvalue weighted by molar-refractivity contribution is 7.07. The Hall–Kier alpha value is -1.62. The van der Waals surface area contributed by atoms with Gasteiger partial charge in [0.25, 0.3) is 5.91 Å². The van der Waals surface area contributed by atoms with Gasteiger partial charge in [-0.05, 0) is 29.3 Å². The van der Waals surface area contributed by atoms with Crippen molar-refractivity contribution >= 4 is 23.2 Å². The fraction of sp³-hybridized carbons (Fsp3) is 0.333. The van der Waals surface area contributed by atoms with E-state index in [0.717, 1.165) is 5.56 Å². The van der Waals surface area contributed by atoms with E-state index in [4.69, 9.17) is 0 Å². The number of nitrogens with one attached hydrogen (secondary N) is 1. The van der Waals surface area contributed by atoms with Crippen molar-refractivity contribution in [3.63, 3.8) is 0 Å². The average Bonchev–Trinajstić information content (AvgIpc) is 2.80. The van der Waals surface area contributed by atoms with Crippen molar-refractivity contribution in [2.75, 3.05) is 6.54 Å².